The van der Waals surface area contributed by atoms with Gasteiger partial charge >= 0.3 is 0 Å². The summed E-state index contributed by atoms with van der Waals surface area (Å²) in [6, 6.07) is 44.0. The first kappa shape index (κ1) is 25.3. The Kier molecular flexibility index (Phi) is 10.5. The van der Waals surface area contributed by atoms with Gasteiger partial charge in [-0.05, 0) is 42.0 Å². The summed E-state index contributed by atoms with van der Waals surface area (Å²) >= 11 is 0. The highest BCUT2D eigenvalue weighted by molar-refractivity contribution is 8.93. The molecule has 0 amide bonds. The van der Waals surface area contributed by atoms with E-state index in [9.17, 15) is 0 Å². The monoisotopic (exact) mass is 529 g/mol. The molecule has 0 unspecified atom stereocenters. The van der Waals surface area contributed by atoms with E-state index >= 15 is 0 Å². The lowest BCUT2D eigenvalue weighted by atomic mass is 10.2. The third-order valence-electron chi connectivity index (χ3n) is 4.85. The molecule has 0 saturated carbocycles. The van der Waals surface area contributed by atoms with Crippen LogP contribution in [0.3, 0.4) is 0 Å². The SMILES string of the molecule is Br.N.[Br-].c1ccc(C[P+](c2ccccc2)(c2ccccc2)c2ccccc2)cc1. The number of hydrogen-bond acceptors (Lipinski definition) is 1. The third kappa shape index (κ3) is 5.43. The smallest absolute Gasteiger partial charge is 0.116 e. The molecule has 0 heterocycles. The minimum Gasteiger partial charge on any atom is -1.00 e. The Morgan fingerprint density at radius 3 is 1.03 bits per heavy atom. The molecule has 29 heavy (non-hydrogen) atoms. The fraction of sp³-hybridized carbons (Fsp3) is 0.0400. The van der Waals surface area contributed by atoms with Crippen molar-refractivity contribution in [1.82, 2.24) is 6.15 Å². The van der Waals surface area contributed by atoms with Crippen LogP contribution < -0.4 is 39.0 Å². The molecule has 0 aliphatic carbocycles. The van der Waals surface area contributed by atoms with Crippen molar-refractivity contribution in [1.29, 1.82) is 0 Å². The van der Waals surface area contributed by atoms with Gasteiger partial charge in [0.2, 0.25) is 0 Å². The van der Waals surface area contributed by atoms with Crippen LogP contribution in [0, 0.1) is 0 Å². The zero-order valence-corrected chi connectivity index (χ0v) is 20.4. The number of rotatable bonds is 5. The molecule has 0 aliphatic rings. The van der Waals surface area contributed by atoms with Crippen molar-refractivity contribution in [3.05, 3.63) is 127 Å². The topological polar surface area (TPSA) is 35.0 Å². The fourth-order valence-corrected chi connectivity index (χ4v) is 7.87. The summed E-state index contributed by atoms with van der Waals surface area (Å²) in [7, 11) is -1.78. The standard InChI is InChI=1S/C25H22P.2BrH.H3N/c1-5-13-22(14-6-1)21-26(23-15-7-2-8-16-23,24-17-9-3-10-18-24)25-19-11-4-12-20-25;;;/h1-20H,21H2;2*1H;1H3/q+1;;;/p-1. The first-order valence-electron chi connectivity index (χ1n) is 8.98. The maximum absolute atomic E-state index is 2.30. The van der Waals surface area contributed by atoms with Crippen LogP contribution in [0.5, 0.6) is 0 Å². The van der Waals surface area contributed by atoms with Crippen LogP contribution in [-0.4, -0.2) is 0 Å². The van der Waals surface area contributed by atoms with E-state index in [1.54, 1.807) is 0 Å². The number of hydrogen-bond donors (Lipinski definition) is 1. The average molecular weight is 531 g/mol. The van der Waals surface area contributed by atoms with Crippen LogP contribution in [0.1, 0.15) is 5.56 Å². The second-order valence-corrected chi connectivity index (χ2v) is 9.95. The second-order valence-electron chi connectivity index (χ2n) is 6.46. The molecule has 0 radical (unpaired) electrons. The van der Waals surface area contributed by atoms with E-state index in [-0.39, 0.29) is 40.1 Å². The summed E-state index contributed by atoms with van der Waals surface area (Å²) in [5, 5.41) is 4.30. The summed E-state index contributed by atoms with van der Waals surface area (Å²) in [5.41, 5.74) is 1.39. The zero-order chi connectivity index (χ0) is 17.7. The van der Waals surface area contributed by atoms with Crippen LogP contribution >= 0.6 is 24.2 Å². The highest BCUT2D eigenvalue weighted by atomic mass is 79.9. The lowest BCUT2D eigenvalue weighted by Gasteiger charge is -2.27. The van der Waals surface area contributed by atoms with Gasteiger partial charge in [-0.3, -0.25) is 0 Å². The number of halogens is 2. The van der Waals surface area contributed by atoms with Gasteiger partial charge in [-0.25, -0.2) is 0 Å². The van der Waals surface area contributed by atoms with Crippen molar-refractivity contribution in [3.63, 3.8) is 0 Å². The van der Waals surface area contributed by atoms with Crippen LogP contribution in [0.2, 0.25) is 0 Å². The minimum atomic E-state index is -1.78. The van der Waals surface area contributed by atoms with Crippen molar-refractivity contribution in [2.24, 2.45) is 0 Å². The van der Waals surface area contributed by atoms with Gasteiger partial charge < -0.3 is 23.1 Å². The van der Waals surface area contributed by atoms with Crippen molar-refractivity contribution in [2.75, 3.05) is 0 Å². The Balaban J connectivity index is 0.00000140. The zero-order valence-electron chi connectivity index (χ0n) is 16.2. The van der Waals surface area contributed by atoms with E-state index < -0.39 is 7.26 Å². The van der Waals surface area contributed by atoms with Crippen LogP contribution in [0.4, 0.5) is 0 Å². The van der Waals surface area contributed by atoms with Gasteiger partial charge in [-0.15, -0.1) is 17.0 Å². The summed E-state index contributed by atoms with van der Waals surface area (Å²) < 4.78 is 0. The van der Waals surface area contributed by atoms with E-state index in [1.807, 2.05) is 0 Å². The maximum atomic E-state index is 2.30. The molecule has 0 saturated heterocycles. The number of benzene rings is 4. The minimum absolute atomic E-state index is 0. The predicted octanol–water partition coefficient (Wildman–Crippen LogP) is 2.92. The van der Waals surface area contributed by atoms with Crippen molar-refractivity contribution in [3.8, 4) is 0 Å². The largest absolute Gasteiger partial charge is 1.00 e. The third-order valence-corrected chi connectivity index (χ3v) is 9.23. The summed E-state index contributed by atoms with van der Waals surface area (Å²) in [6.45, 7) is 0. The summed E-state index contributed by atoms with van der Waals surface area (Å²) in [6.07, 6.45) is 1.03. The first-order chi connectivity index (χ1) is 12.9. The Morgan fingerprint density at radius 2 is 0.724 bits per heavy atom. The molecule has 4 rings (SSSR count). The van der Waals surface area contributed by atoms with Gasteiger partial charge in [0.15, 0.2) is 0 Å². The predicted molar refractivity (Wildman–Crippen MR) is 131 cm³/mol. The fourth-order valence-electron chi connectivity index (χ4n) is 3.63. The molecule has 4 aromatic rings. The van der Waals surface area contributed by atoms with Crippen molar-refractivity contribution >= 4 is 40.2 Å². The lowest BCUT2D eigenvalue weighted by molar-refractivity contribution is -0.00000560. The van der Waals surface area contributed by atoms with Gasteiger partial charge in [-0.2, -0.15) is 0 Å². The van der Waals surface area contributed by atoms with Crippen LogP contribution in [0.25, 0.3) is 0 Å². The van der Waals surface area contributed by atoms with E-state index in [0.29, 0.717) is 0 Å². The molecule has 0 aliphatic heterocycles. The molecule has 0 fully saturated rings. The van der Waals surface area contributed by atoms with E-state index in [0.717, 1.165) is 6.16 Å². The lowest BCUT2D eigenvalue weighted by Crippen LogP contribution is -3.00. The second kappa shape index (κ2) is 12.0. The Morgan fingerprint density at radius 1 is 0.448 bits per heavy atom. The van der Waals surface area contributed by atoms with Gasteiger partial charge in [0, 0.05) is 0 Å². The Hall–Kier alpha value is -1.77. The van der Waals surface area contributed by atoms with Gasteiger partial charge in [-0.1, -0.05) is 84.9 Å². The highest BCUT2D eigenvalue weighted by Gasteiger charge is 2.45. The molecular formula is C25H26Br2NP. The van der Waals surface area contributed by atoms with Gasteiger partial charge in [0.25, 0.3) is 0 Å². The molecule has 0 aromatic heterocycles. The molecular weight excluding hydrogens is 505 g/mol. The van der Waals surface area contributed by atoms with Gasteiger partial charge in [0.05, 0.1) is 6.16 Å². The Bertz CT molecular complexity index is 852. The molecule has 4 aromatic carbocycles. The van der Waals surface area contributed by atoms with Crippen molar-refractivity contribution in [2.45, 2.75) is 6.16 Å². The van der Waals surface area contributed by atoms with Crippen LogP contribution in [0.15, 0.2) is 121 Å². The van der Waals surface area contributed by atoms with Gasteiger partial charge in [0.1, 0.15) is 23.2 Å². The summed E-state index contributed by atoms with van der Waals surface area (Å²) in [5.74, 6) is 0. The molecule has 3 N–H and O–H groups in total. The molecule has 0 bridgehead atoms. The maximum Gasteiger partial charge on any atom is 0.116 e. The molecule has 150 valence electrons. The normalized spacial score (nSPS) is 10.1. The molecule has 4 heteroatoms. The molecule has 0 spiro atoms. The van der Waals surface area contributed by atoms with E-state index in [4.69, 9.17) is 0 Å². The highest BCUT2D eigenvalue weighted by Crippen LogP contribution is 2.58. The molecule has 0 atom stereocenters. The van der Waals surface area contributed by atoms with E-state index in [1.165, 1.54) is 21.5 Å². The quantitative estimate of drug-likeness (QED) is 0.396. The van der Waals surface area contributed by atoms with E-state index in [2.05, 4.69) is 121 Å². The molecule has 1 nitrogen and oxygen atoms in total. The Labute approximate surface area is 195 Å². The summed E-state index contributed by atoms with van der Waals surface area (Å²) in [4.78, 5) is 0. The van der Waals surface area contributed by atoms with Crippen LogP contribution in [-0.2, 0) is 6.16 Å². The first-order valence-corrected chi connectivity index (χ1v) is 11.0. The van der Waals surface area contributed by atoms with Crippen molar-refractivity contribution < 1.29 is 17.0 Å². The average Bonchev–Trinajstić information content (AvgIpc) is 2.75.